The fourth-order valence-corrected chi connectivity index (χ4v) is 4.32. The molecule has 0 saturated heterocycles. The maximum absolute atomic E-state index is 12.7. The van der Waals surface area contributed by atoms with Crippen LogP contribution in [0.1, 0.15) is 27.2 Å². The lowest BCUT2D eigenvalue weighted by atomic mass is 10.2. The molecule has 7 nitrogen and oxygen atoms in total. The van der Waals surface area contributed by atoms with Gasteiger partial charge >= 0.3 is 0 Å². The van der Waals surface area contributed by atoms with Gasteiger partial charge in [-0.25, -0.2) is 13.4 Å². The number of imidazole rings is 1. The van der Waals surface area contributed by atoms with Gasteiger partial charge in [-0.05, 0) is 67.4 Å². The number of hydrogen-bond donors (Lipinski definition) is 2. The standard InChI is InChI=1S/C23H22N4O3S/c1-16-5-3-7-19(11-16)26-31(29,30)21-8-4-6-18(13-21)23(28)24-14-20-15-27-10-9-17(2)12-22(27)25-20/h3-13,15,26H,14H2,1-2H3,(H,24,28). The van der Waals surface area contributed by atoms with Crippen LogP contribution in [0.4, 0.5) is 5.69 Å². The number of carbonyl (C=O) groups is 1. The van der Waals surface area contributed by atoms with E-state index in [2.05, 4.69) is 15.0 Å². The molecule has 0 saturated carbocycles. The lowest BCUT2D eigenvalue weighted by Gasteiger charge is -2.10. The summed E-state index contributed by atoms with van der Waals surface area (Å²) in [5, 5.41) is 2.80. The minimum absolute atomic E-state index is 0.0184. The number of carbonyl (C=O) groups excluding carboxylic acids is 1. The van der Waals surface area contributed by atoms with Gasteiger partial charge in [-0.3, -0.25) is 9.52 Å². The van der Waals surface area contributed by atoms with Crippen molar-refractivity contribution < 1.29 is 13.2 Å². The third kappa shape index (κ3) is 4.75. The van der Waals surface area contributed by atoms with Gasteiger partial charge in [-0.15, -0.1) is 0 Å². The average molecular weight is 435 g/mol. The van der Waals surface area contributed by atoms with Crippen molar-refractivity contribution in [3.05, 3.63) is 95.4 Å². The first kappa shape index (κ1) is 20.6. The van der Waals surface area contributed by atoms with E-state index >= 15 is 0 Å². The van der Waals surface area contributed by atoms with Crippen LogP contribution >= 0.6 is 0 Å². The number of hydrogen-bond acceptors (Lipinski definition) is 4. The minimum atomic E-state index is -3.82. The van der Waals surface area contributed by atoms with Gasteiger partial charge in [0.1, 0.15) is 5.65 Å². The van der Waals surface area contributed by atoms with Gasteiger partial charge in [-0.1, -0.05) is 18.2 Å². The summed E-state index contributed by atoms with van der Waals surface area (Å²) in [6.07, 6.45) is 3.76. The summed E-state index contributed by atoms with van der Waals surface area (Å²) in [6.45, 7) is 4.11. The molecule has 0 radical (unpaired) electrons. The Labute approximate surface area is 180 Å². The van der Waals surface area contributed by atoms with E-state index < -0.39 is 10.0 Å². The normalized spacial score (nSPS) is 11.4. The Hall–Kier alpha value is -3.65. The molecule has 1 amide bonds. The first-order chi connectivity index (χ1) is 14.8. The molecule has 0 fully saturated rings. The molecular formula is C23H22N4O3S. The lowest BCUT2D eigenvalue weighted by Crippen LogP contribution is -2.23. The molecule has 4 aromatic rings. The smallest absolute Gasteiger partial charge is 0.261 e. The first-order valence-electron chi connectivity index (χ1n) is 9.72. The van der Waals surface area contributed by atoms with Crippen molar-refractivity contribution >= 4 is 27.3 Å². The minimum Gasteiger partial charge on any atom is -0.346 e. The topological polar surface area (TPSA) is 92.6 Å². The number of pyridine rings is 1. The maximum atomic E-state index is 12.7. The molecule has 158 valence electrons. The molecule has 2 heterocycles. The predicted molar refractivity (Wildman–Crippen MR) is 120 cm³/mol. The first-order valence-corrected chi connectivity index (χ1v) is 11.2. The van der Waals surface area contributed by atoms with Crippen molar-refractivity contribution in [3.63, 3.8) is 0 Å². The Balaban J connectivity index is 1.48. The van der Waals surface area contributed by atoms with Crippen molar-refractivity contribution in [2.75, 3.05) is 4.72 Å². The van der Waals surface area contributed by atoms with Crippen LogP contribution in [-0.2, 0) is 16.6 Å². The zero-order chi connectivity index (χ0) is 22.0. The molecule has 0 aliphatic heterocycles. The number of nitrogens with zero attached hydrogens (tertiary/aromatic N) is 2. The van der Waals surface area contributed by atoms with E-state index in [4.69, 9.17) is 0 Å². The van der Waals surface area contributed by atoms with Crippen LogP contribution in [0, 0.1) is 13.8 Å². The Morgan fingerprint density at radius 3 is 2.58 bits per heavy atom. The second kappa shape index (κ2) is 8.23. The molecule has 0 atom stereocenters. The Morgan fingerprint density at radius 1 is 1.00 bits per heavy atom. The van der Waals surface area contributed by atoms with Gasteiger partial charge < -0.3 is 9.72 Å². The molecule has 0 spiro atoms. The third-order valence-corrected chi connectivity index (χ3v) is 6.15. The number of anilines is 1. The van der Waals surface area contributed by atoms with Crippen LogP contribution in [-0.4, -0.2) is 23.7 Å². The van der Waals surface area contributed by atoms with Crippen LogP contribution in [0.15, 0.2) is 78.0 Å². The number of sulfonamides is 1. The number of nitrogens with one attached hydrogen (secondary N) is 2. The Kier molecular flexibility index (Phi) is 5.48. The molecule has 0 aliphatic rings. The molecule has 2 N–H and O–H groups in total. The molecule has 0 unspecified atom stereocenters. The largest absolute Gasteiger partial charge is 0.346 e. The Bertz CT molecular complexity index is 1380. The van der Waals surface area contributed by atoms with Gasteiger partial charge in [0, 0.05) is 23.6 Å². The van der Waals surface area contributed by atoms with Crippen molar-refractivity contribution in [3.8, 4) is 0 Å². The zero-order valence-electron chi connectivity index (χ0n) is 17.2. The number of fused-ring (bicyclic) bond motifs is 1. The summed E-state index contributed by atoms with van der Waals surface area (Å²) in [7, 11) is -3.82. The third-order valence-electron chi connectivity index (χ3n) is 4.77. The maximum Gasteiger partial charge on any atom is 0.261 e. The molecule has 0 bridgehead atoms. The fourth-order valence-electron chi connectivity index (χ4n) is 3.22. The van der Waals surface area contributed by atoms with Crippen LogP contribution in [0.3, 0.4) is 0 Å². The molecule has 8 heteroatoms. The van der Waals surface area contributed by atoms with Crippen LogP contribution in [0.25, 0.3) is 5.65 Å². The predicted octanol–water partition coefficient (Wildman–Crippen LogP) is 3.68. The van der Waals surface area contributed by atoms with E-state index in [1.54, 1.807) is 30.3 Å². The second-order valence-electron chi connectivity index (χ2n) is 7.39. The SMILES string of the molecule is Cc1cccc(NS(=O)(=O)c2cccc(C(=O)NCc3cn4ccc(C)cc4n3)c2)c1. The molecule has 0 aliphatic carbocycles. The van der Waals surface area contributed by atoms with Gasteiger partial charge in [0.15, 0.2) is 0 Å². The highest BCUT2D eigenvalue weighted by atomic mass is 32.2. The van der Waals surface area contributed by atoms with Gasteiger partial charge in [0.05, 0.1) is 17.1 Å². The molecular weight excluding hydrogens is 412 g/mol. The summed E-state index contributed by atoms with van der Waals surface area (Å²) in [5.41, 5.74) is 4.29. The summed E-state index contributed by atoms with van der Waals surface area (Å²) in [4.78, 5) is 17.1. The summed E-state index contributed by atoms with van der Waals surface area (Å²) in [6, 6.07) is 17.0. The number of aromatic nitrogens is 2. The number of amides is 1. The summed E-state index contributed by atoms with van der Waals surface area (Å²) < 4.78 is 29.9. The van der Waals surface area contributed by atoms with E-state index in [0.717, 1.165) is 16.8 Å². The monoisotopic (exact) mass is 434 g/mol. The molecule has 4 rings (SSSR count). The highest BCUT2D eigenvalue weighted by Gasteiger charge is 2.17. The van der Waals surface area contributed by atoms with E-state index in [1.807, 2.05) is 48.8 Å². The van der Waals surface area contributed by atoms with Crippen molar-refractivity contribution in [2.45, 2.75) is 25.3 Å². The van der Waals surface area contributed by atoms with Gasteiger partial charge in [-0.2, -0.15) is 0 Å². The van der Waals surface area contributed by atoms with E-state index in [9.17, 15) is 13.2 Å². The van der Waals surface area contributed by atoms with Crippen molar-refractivity contribution in [1.82, 2.24) is 14.7 Å². The van der Waals surface area contributed by atoms with Crippen molar-refractivity contribution in [2.24, 2.45) is 0 Å². The number of rotatable bonds is 6. The summed E-state index contributed by atoms with van der Waals surface area (Å²) in [5.74, 6) is -0.374. The second-order valence-corrected chi connectivity index (χ2v) is 9.07. The molecule has 2 aromatic heterocycles. The summed E-state index contributed by atoms with van der Waals surface area (Å²) >= 11 is 0. The van der Waals surface area contributed by atoms with E-state index in [1.165, 1.54) is 12.1 Å². The molecule has 31 heavy (non-hydrogen) atoms. The van der Waals surface area contributed by atoms with Crippen molar-refractivity contribution in [1.29, 1.82) is 0 Å². The van der Waals surface area contributed by atoms with Gasteiger partial charge in [0.25, 0.3) is 15.9 Å². The van der Waals surface area contributed by atoms with Gasteiger partial charge in [0.2, 0.25) is 0 Å². The Morgan fingerprint density at radius 2 is 1.77 bits per heavy atom. The quantitative estimate of drug-likeness (QED) is 0.484. The van der Waals surface area contributed by atoms with Crippen LogP contribution in [0.5, 0.6) is 0 Å². The molecule has 2 aromatic carbocycles. The van der Waals surface area contributed by atoms with Crippen LogP contribution < -0.4 is 10.0 Å². The zero-order valence-corrected chi connectivity index (χ0v) is 18.0. The van der Waals surface area contributed by atoms with Crippen LogP contribution in [0.2, 0.25) is 0 Å². The van der Waals surface area contributed by atoms with E-state index in [-0.39, 0.29) is 22.9 Å². The highest BCUT2D eigenvalue weighted by molar-refractivity contribution is 7.92. The number of aryl methyl sites for hydroxylation is 2. The lowest BCUT2D eigenvalue weighted by molar-refractivity contribution is 0.0950. The average Bonchev–Trinajstić information content (AvgIpc) is 3.14. The number of benzene rings is 2. The highest BCUT2D eigenvalue weighted by Crippen LogP contribution is 2.18. The fraction of sp³-hybridized carbons (Fsp3) is 0.130. The van der Waals surface area contributed by atoms with E-state index in [0.29, 0.717) is 11.4 Å².